The van der Waals surface area contributed by atoms with Crippen molar-refractivity contribution < 1.29 is 9.53 Å². The van der Waals surface area contributed by atoms with Crippen LogP contribution < -0.4 is 10.5 Å². The van der Waals surface area contributed by atoms with Crippen molar-refractivity contribution in [2.24, 2.45) is 5.73 Å². The molecule has 24 heavy (non-hydrogen) atoms. The van der Waals surface area contributed by atoms with Gasteiger partial charge < -0.3 is 10.5 Å². The van der Waals surface area contributed by atoms with Crippen LogP contribution in [0.5, 0.6) is 5.75 Å². The van der Waals surface area contributed by atoms with Gasteiger partial charge in [0.15, 0.2) is 0 Å². The normalized spacial score (nSPS) is 11.0. The Kier molecular flexibility index (Phi) is 5.39. The van der Waals surface area contributed by atoms with Crippen LogP contribution >= 0.6 is 0 Å². The van der Waals surface area contributed by atoms with Gasteiger partial charge in [-0.25, -0.2) is 0 Å². The highest BCUT2D eigenvalue weighted by molar-refractivity contribution is 6.00. The number of primary amides is 1. The number of ether oxygens (including phenoxy) is 1. The molecule has 0 radical (unpaired) electrons. The minimum atomic E-state index is -0.731. The lowest BCUT2D eigenvalue weighted by molar-refractivity contribution is -0.114. The molecule has 2 rings (SSSR count). The Labute approximate surface area is 142 Å². The van der Waals surface area contributed by atoms with Crippen molar-refractivity contribution in [1.82, 2.24) is 0 Å². The zero-order valence-electron chi connectivity index (χ0n) is 14.1. The van der Waals surface area contributed by atoms with Gasteiger partial charge in [0.25, 0.3) is 5.91 Å². The molecule has 0 aliphatic heterocycles. The van der Waals surface area contributed by atoms with Crippen LogP contribution in [-0.2, 0) is 11.2 Å². The average Bonchev–Trinajstić information content (AvgIpc) is 2.52. The van der Waals surface area contributed by atoms with E-state index in [2.05, 4.69) is 32.0 Å². The summed E-state index contributed by atoms with van der Waals surface area (Å²) in [6.45, 7) is 4.12. The van der Waals surface area contributed by atoms with E-state index >= 15 is 0 Å². The lowest BCUT2D eigenvalue weighted by atomic mass is 9.96. The molecule has 4 heteroatoms. The van der Waals surface area contributed by atoms with E-state index in [9.17, 15) is 4.79 Å². The Morgan fingerprint density at radius 3 is 2.42 bits per heavy atom. The van der Waals surface area contributed by atoms with Crippen LogP contribution in [0, 0.1) is 25.2 Å². The van der Waals surface area contributed by atoms with E-state index in [1.54, 1.807) is 13.2 Å². The molecule has 0 spiro atoms. The van der Waals surface area contributed by atoms with Gasteiger partial charge in [-0.1, -0.05) is 35.4 Å². The molecule has 0 heterocycles. The highest BCUT2D eigenvalue weighted by atomic mass is 16.5. The molecule has 0 saturated carbocycles. The van der Waals surface area contributed by atoms with E-state index in [1.807, 2.05) is 18.2 Å². The number of nitrogens with zero attached hydrogens (tertiary/aromatic N) is 1. The second-order valence-electron chi connectivity index (χ2n) is 5.77. The quantitative estimate of drug-likeness (QED) is 0.678. The number of rotatable bonds is 5. The zero-order chi connectivity index (χ0) is 17.7. The first-order chi connectivity index (χ1) is 11.4. The lowest BCUT2D eigenvalue weighted by Crippen LogP contribution is -2.12. The third-order valence-electron chi connectivity index (χ3n) is 3.71. The van der Waals surface area contributed by atoms with E-state index in [-0.39, 0.29) is 5.57 Å². The first-order valence-electron chi connectivity index (χ1n) is 7.58. The molecule has 0 bridgehead atoms. The summed E-state index contributed by atoms with van der Waals surface area (Å²) in [5.41, 5.74) is 10.5. The van der Waals surface area contributed by atoms with Crippen LogP contribution in [0.25, 0.3) is 6.08 Å². The molecule has 2 N–H and O–H groups in total. The largest absolute Gasteiger partial charge is 0.497 e. The monoisotopic (exact) mass is 320 g/mol. The van der Waals surface area contributed by atoms with Crippen molar-refractivity contribution in [2.45, 2.75) is 20.3 Å². The number of carbonyl (C=O) groups excluding carboxylic acids is 1. The van der Waals surface area contributed by atoms with Gasteiger partial charge in [-0.15, -0.1) is 0 Å². The smallest absolute Gasteiger partial charge is 0.259 e. The minimum Gasteiger partial charge on any atom is -0.497 e. The Balaban J connectivity index is 2.50. The van der Waals surface area contributed by atoms with Crippen LogP contribution in [0.4, 0.5) is 0 Å². The van der Waals surface area contributed by atoms with Crippen LogP contribution in [0.3, 0.4) is 0 Å². The van der Waals surface area contributed by atoms with Gasteiger partial charge in [0.2, 0.25) is 0 Å². The summed E-state index contributed by atoms with van der Waals surface area (Å²) >= 11 is 0. The molecule has 2 aromatic carbocycles. The zero-order valence-corrected chi connectivity index (χ0v) is 14.1. The standard InChI is InChI=1S/C20H20N2O2/c1-13-6-14(2)8-15(7-13)9-17-11-19(24-3)5-4-16(17)10-18(12-21)20(22)23/h4-8,10-11H,9H2,1-3H3,(H2,22,23)/b18-10+. The number of aryl methyl sites for hydroxylation is 2. The van der Waals surface area contributed by atoms with Crippen molar-refractivity contribution in [3.63, 3.8) is 0 Å². The maximum absolute atomic E-state index is 11.3. The molecular formula is C20H20N2O2. The van der Waals surface area contributed by atoms with E-state index in [1.165, 1.54) is 17.2 Å². The summed E-state index contributed by atoms with van der Waals surface area (Å²) in [5, 5.41) is 9.07. The van der Waals surface area contributed by atoms with Gasteiger partial charge in [-0.3, -0.25) is 4.79 Å². The Morgan fingerprint density at radius 2 is 1.88 bits per heavy atom. The lowest BCUT2D eigenvalue weighted by Gasteiger charge is -2.11. The van der Waals surface area contributed by atoms with Crippen molar-refractivity contribution in [3.05, 3.63) is 69.8 Å². The van der Waals surface area contributed by atoms with Crippen molar-refractivity contribution in [1.29, 1.82) is 5.26 Å². The fraction of sp³-hybridized carbons (Fsp3) is 0.200. The Bertz CT molecular complexity index is 825. The molecule has 122 valence electrons. The number of nitriles is 1. The van der Waals surface area contributed by atoms with Crippen molar-refractivity contribution >= 4 is 12.0 Å². The van der Waals surface area contributed by atoms with Crippen LogP contribution in [0.2, 0.25) is 0 Å². The molecular weight excluding hydrogens is 300 g/mol. The van der Waals surface area contributed by atoms with Gasteiger partial charge in [-0.2, -0.15) is 5.26 Å². The summed E-state index contributed by atoms with van der Waals surface area (Å²) < 4.78 is 5.30. The van der Waals surface area contributed by atoms with E-state index in [0.717, 1.165) is 22.4 Å². The number of hydrogen-bond acceptors (Lipinski definition) is 3. The molecule has 2 aromatic rings. The number of nitrogens with two attached hydrogens (primary N) is 1. The van der Waals surface area contributed by atoms with Crippen LogP contribution in [-0.4, -0.2) is 13.0 Å². The number of methoxy groups -OCH3 is 1. The number of benzene rings is 2. The van der Waals surface area contributed by atoms with Crippen LogP contribution in [0.15, 0.2) is 42.0 Å². The maximum Gasteiger partial charge on any atom is 0.259 e. The second-order valence-corrected chi connectivity index (χ2v) is 5.77. The minimum absolute atomic E-state index is 0.0677. The number of hydrogen-bond donors (Lipinski definition) is 1. The molecule has 0 saturated heterocycles. The summed E-state index contributed by atoms with van der Waals surface area (Å²) in [7, 11) is 1.61. The Hall–Kier alpha value is -3.06. The maximum atomic E-state index is 11.3. The first kappa shape index (κ1) is 17.3. The van der Waals surface area contributed by atoms with Crippen molar-refractivity contribution in [3.8, 4) is 11.8 Å². The topological polar surface area (TPSA) is 76.1 Å². The van der Waals surface area contributed by atoms with Crippen LogP contribution in [0.1, 0.15) is 27.8 Å². The molecule has 0 aliphatic carbocycles. The predicted molar refractivity (Wildman–Crippen MR) is 94.5 cm³/mol. The molecule has 0 unspecified atom stereocenters. The third kappa shape index (κ3) is 4.23. The SMILES string of the molecule is COc1ccc(/C=C(\C#N)C(N)=O)c(Cc2cc(C)cc(C)c2)c1. The number of amides is 1. The molecule has 4 nitrogen and oxygen atoms in total. The van der Waals surface area contributed by atoms with Gasteiger partial charge >= 0.3 is 0 Å². The first-order valence-corrected chi connectivity index (χ1v) is 7.58. The fourth-order valence-corrected chi connectivity index (χ4v) is 2.71. The highest BCUT2D eigenvalue weighted by Crippen LogP contribution is 2.24. The van der Waals surface area contributed by atoms with Gasteiger partial charge in [0.1, 0.15) is 17.4 Å². The highest BCUT2D eigenvalue weighted by Gasteiger charge is 2.09. The van der Waals surface area contributed by atoms with Gasteiger partial charge in [-0.05, 0) is 55.2 Å². The molecule has 0 atom stereocenters. The molecule has 0 aliphatic rings. The fourth-order valence-electron chi connectivity index (χ4n) is 2.71. The summed E-state index contributed by atoms with van der Waals surface area (Å²) in [4.78, 5) is 11.3. The van der Waals surface area contributed by atoms with Gasteiger partial charge in [0, 0.05) is 0 Å². The Morgan fingerprint density at radius 1 is 1.21 bits per heavy atom. The summed E-state index contributed by atoms with van der Waals surface area (Å²) in [6, 6.07) is 13.8. The summed E-state index contributed by atoms with van der Waals surface area (Å²) in [5.74, 6) is -0.00484. The van der Waals surface area contributed by atoms with E-state index in [4.69, 9.17) is 15.7 Å². The number of carbonyl (C=O) groups is 1. The second kappa shape index (κ2) is 7.47. The third-order valence-corrected chi connectivity index (χ3v) is 3.71. The molecule has 1 amide bonds. The molecule has 0 aromatic heterocycles. The van der Waals surface area contributed by atoms with Gasteiger partial charge in [0.05, 0.1) is 7.11 Å². The van der Waals surface area contributed by atoms with E-state index in [0.29, 0.717) is 6.42 Å². The molecule has 0 fully saturated rings. The summed E-state index contributed by atoms with van der Waals surface area (Å²) in [6.07, 6.45) is 2.20. The van der Waals surface area contributed by atoms with E-state index < -0.39 is 5.91 Å². The average molecular weight is 320 g/mol. The van der Waals surface area contributed by atoms with Crippen molar-refractivity contribution in [2.75, 3.05) is 7.11 Å². The predicted octanol–water partition coefficient (Wildman–Crippen LogP) is 3.30.